The van der Waals surface area contributed by atoms with E-state index in [-0.39, 0.29) is 18.8 Å². The van der Waals surface area contributed by atoms with E-state index in [2.05, 4.69) is 0 Å². The Hall–Kier alpha value is -3.16. The lowest BCUT2D eigenvalue weighted by molar-refractivity contribution is -0.278. The second-order valence-electron chi connectivity index (χ2n) is 6.96. The van der Waals surface area contributed by atoms with Gasteiger partial charge in [0, 0.05) is 11.1 Å². The average molecular weight is 410 g/mol. The van der Waals surface area contributed by atoms with Crippen LogP contribution in [0.2, 0.25) is 0 Å². The molecule has 1 unspecified atom stereocenters. The van der Waals surface area contributed by atoms with Gasteiger partial charge in [-0.3, -0.25) is 9.59 Å². The van der Waals surface area contributed by atoms with Gasteiger partial charge in [0.15, 0.2) is 24.3 Å². The second kappa shape index (κ2) is 9.11. The monoisotopic (exact) mass is 410 g/mol. The summed E-state index contributed by atoms with van der Waals surface area (Å²) in [6, 6.07) is 16.0. The van der Waals surface area contributed by atoms with Crippen LogP contribution in [0.3, 0.4) is 0 Å². The van der Waals surface area contributed by atoms with Crippen molar-refractivity contribution in [1.29, 1.82) is 0 Å². The molecule has 1 saturated heterocycles. The van der Waals surface area contributed by atoms with Gasteiger partial charge in [-0.05, 0) is 18.2 Å². The highest BCUT2D eigenvalue weighted by atomic mass is 16.7. The van der Waals surface area contributed by atoms with Crippen molar-refractivity contribution in [3.63, 3.8) is 0 Å². The molecule has 0 aromatic heterocycles. The van der Waals surface area contributed by atoms with Crippen LogP contribution in [0, 0.1) is 0 Å². The Morgan fingerprint density at radius 3 is 2.57 bits per heavy atom. The summed E-state index contributed by atoms with van der Waals surface area (Å²) < 4.78 is 28.1. The Morgan fingerprint density at radius 2 is 1.83 bits per heavy atom. The van der Waals surface area contributed by atoms with Crippen molar-refractivity contribution >= 4 is 11.8 Å². The van der Waals surface area contributed by atoms with Crippen molar-refractivity contribution in [3.05, 3.63) is 78.1 Å². The van der Waals surface area contributed by atoms with E-state index in [1.807, 2.05) is 30.3 Å². The smallest absolute Gasteiger partial charge is 0.314 e. The lowest BCUT2D eigenvalue weighted by Gasteiger charge is -2.40. The fourth-order valence-electron chi connectivity index (χ4n) is 3.38. The minimum Gasteiger partial charge on any atom is -0.497 e. The van der Waals surface area contributed by atoms with E-state index >= 15 is 0 Å². The van der Waals surface area contributed by atoms with Crippen molar-refractivity contribution in [3.8, 4) is 5.75 Å². The van der Waals surface area contributed by atoms with E-state index in [9.17, 15) is 9.59 Å². The largest absolute Gasteiger partial charge is 0.497 e. The number of ether oxygens (including phenoxy) is 5. The predicted octanol–water partition coefficient (Wildman–Crippen LogP) is 3.21. The zero-order chi connectivity index (χ0) is 20.9. The summed E-state index contributed by atoms with van der Waals surface area (Å²) in [5, 5.41) is 0. The van der Waals surface area contributed by atoms with Crippen LogP contribution in [0.5, 0.6) is 5.75 Å². The first kappa shape index (κ1) is 20.1. The number of hydrogen-bond acceptors (Lipinski definition) is 7. The molecule has 0 aliphatic carbocycles. The molecule has 0 spiro atoms. The summed E-state index contributed by atoms with van der Waals surface area (Å²) in [5.41, 5.74) is 1.28. The minimum atomic E-state index is -0.676. The average Bonchev–Trinajstić information content (AvgIpc) is 2.79. The topological polar surface area (TPSA) is 80.3 Å². The number of Topliss-reactive ketones (excluding diaryl/α,β-unsaturated/α-hetero) is 1. The Labute approximate surface area is 174 Å². The van der Waals surface area contributed by atoms with Crippen molar-refractivity contribution in [1.82, 2.24) is 0 Å². The van der Waals surface area contributed by atoms with Crippen molar-refractivity contribution in [2.75, 3.05) is 13.7 Å². The lowest BCUT2D eigenvalue weighted by atomic mass is 10.0. The number of carbonyl (C=O) groups excluding carboxylic acids is 2. The van der Waals surface area contributed by atoms with Crippen LogP contribution in [0.15, 0.2) is 66.9 Å². The van der Waals surface area contributed by atoms with Gasteiger partial charge in [0.2, 0.25) is 0 Å². The molecule has 2 aliphatic heterocycles. The number of rotatable bonds is 6. The summed E-state index contributed by atoms with van der Waals surface area (Å²) in [6.07, 6.45) is 0.481. The van der Waals surface area contributed by atoms with Crippen LogP contribution < -0.4 is 4.74 Å². The molecular weight excluding hydrogens is 388 g/mol. The van der Waals surface area contributed by atoms with Gasteiger partial charge in [0.25, 0.3) is 0 Å². The Morgan fingerprint density at radius 1 is 1.07 bits per heavy atom. The SMILES string of the molecule is COc1ccc(C2OC[C@H]3OC=C[C@@H](OC(=O)CC(=O)c4ccccc4)[C@@H]3O2)cc1. The minimum absolute atomic E-state index is 0.280. The number of esters is 1. The van der Waals surface area contributed by atoms with E-state index in [1.54, 1.807) is 37.5 Å². The molecule has 156 valence electrons. The maximum atomic E-state index is 12.4. The van der Waals surface area contributed by atoms with Crippen molar-refractivity contribution < 1.29 is 33.3 Å². The third kappa shape index (κ3) is 4.53. The highest BCUT2D eigenvalue weighted by Gasteiger charge is 2.42. The van der Waals surface area contributed by atoms with Crippen LogP contribution in [0.1, 0.15) is 28.6 Å². The normalized spacial score (nSPS) is 25.0. The Bertz CT molecular complexity index is 907. The number of hydrogen-bond donors (Lipinski definition) is 0. The second-order valence-corrected chi connectivity index (χ2v) is 6.96. The van der Waals surface area contributed by atoms with Gasteiger partial charge < -0.3 is 23.7 Å². The molecule has 2 heterocycles. The molecule has 0 saturated carbocycles. The Kier molecular flexibility index (Phi) is 6.11. The standard InChI is InChI=1S/C23H22O7/c1-26-17-9-7-16(8-10-17)23-28-14-20-22(30-23)19(11-12-27-20)29-21(25)13-18(24)15-5-3-2-4-6-15/h2-12,19-20,22-23H,13-14H2,1H3/t19-,20-,22+,23?/m1/s1. The highest BCUT2D eigenvalue weighted by Crippen LogP contribution is 2.33. The molecule has 2 aromatic carbocycles. The number of benzene rings is 2. The Balaban J connectivity index is 1.40. The van der Waals surface area contributed by atoms with Crippen molar-refractivity contribution in [2.24, 2.45) is 0 Å². The first-order valence-corrected chi connectivity index (χ1v) is 9.65. The molecule has 1 fully saturated rings. The van der Waals surface area contributed by atoms with E-state index in [1.165, 1.54) is 6.26 Å². The van der Waals surface area contributed by atoms with Gasteiger partial charge in [-0.15, -0.1) is 0 Å². The molecule has 0 radical (unpaired) electrons. The summed E-state index contributed by atoms with van der Waals surface area (Å²) in [6.45, 7) is 0.280. The molecule has 4 atom stereocenters. The first-order valence-electron chi connectivity index (χ1n) is 9.65. The van der Waals surface area contributed by atoms with E-state index < -0.39 is 30.6 Å². The van der Waals surface area contributed by atoms with Gasteiger partial charge in [0.05, 0.1) is 20.0 Å². The van der Waals surface area contributed by atoms with Gasteiger partial charge in [-0.25, -0.2) is 0 Å². The maximum Gasteiger partial charge on any atom is 0.314 e. The number of ketones is 1. The molecular formula is C23H22O7. The zero-order valence-corrected chi connectivity index (χ0v) is 16.4. The van der Waals surface area contributed by atoms with Crippen LogP contribution in [0.4, 0.5) is 0 Å². The molecule has 7 heteroatoms. The van der Waals surface area contributed by atoms with E-state index in [4.69, 9.17) is 23.7 Å². The first-order chi connectivity index (χ1) is 14.6. The molecule has 2 aliphatic rings. The van der Waals surface area contributed by atoms with Gasteiger partial charge in [0.1, 0.15) is 18.3 Å². The number of fused-ring (bicyclic) bond motifs is 1. The number of methoxy groups -OCH3 is 1. The lowest BCUT2D eigenvalue weighted by Crippen LogP contribution is -2.50. The quantitative estimate of drug-likeness (QED) is 0.411. The van der Waals surface area contributed by atoms with Crippen LogP contribution in [0.25, 0.3) is 0 Å². The van der Waals surface area contributed by atoms with E-state index in [0.29, 0.717) is 5.56 Å². The molecule has 7 nitrogen and oxygen atoms in total. The van der Waals surface area contributed by atoms with Crippen molar-refractivity contribution in [2.45, 2.75) is 31.0 Å². The fourth-order valence-corrected chi connectivity index (χ4v) is 3.38. The summed E-state index contributed by atoms with van der Waals surface area (Å²) in [7, 11) is 1.60. The molecule has 2 aromatic rings. The van der Waals surface area contributed by atoms with Crippen LogP contribution in [-0.2, 0) is 23.7 Å². The van der Waals surface area contributed by atoms with E-state index in [0.717, 1.165) is 11.3 Å². The molecule has 0 amide bonds. The number of carbonyl (C=O) groups is 2. The van der Waals surface area contributed by atoms with Gasteiger partial charge >= 0.3 is 5.97 Å². The fraction of sp³-hybridized carbons (Fsp3) is 0.304. The maximum absolute atomic E-state index is 12.4. The third-order valence-electron chi connectivity index (χ3n) is 4.96. The summed E-state index contributed by atoms with van der Waals surface area (Å²) >= 11 is 0. The molecule has 30 heavy (non-hydrogen) atoms. The molecule has 0 N–H and O–H groups in total. The third-order valence-corrected chi connectivity index (χ3v) is 4.96. The molecule has 0 bridgehead atoms. The van der Waals surface area contributed by atoms with Crippen LogP contribution in [-0.4, -0.2) is 43.8 Å². The molecule has 4 rings (SSSR count). The highest BCUT2D eigenvalue weighted by molar-refractivity contribution is 6.05. The zero-order valence-electron chi connectivity index (χ0n) is 16.4. The summed E-state index contributed by atoms with van der Waals surface area (Å²) in [4.78, 5) is 24.6. The van der Waals surface area contributed by atoms with Gasteiger partial charge in [-0.2, -0.15) is 0 Å². The van der Waals surface area contributed by atoms with Crippen LogP contribution >= 0.6 is 0 Å². The summed E-state index contributed by atoms with van der Waals surface area (Å²) in [5.74, 6) is -0.182. The van der Waals surface area contributed by atoms with Gasteiger partial charge in [-0.1, -0.05) is 42.5 Å². The predicted molar refractivity (Wildman–Crippen MR) is 106 cm³/mol.